The maximum absolute atomic E-state index is 12.2. The van der Waals surface area contributed by atoms with Gasteiger partial charge in [0, 0.05) is 5.56 Å². The van der Waals surface area contributed by atoms with Crippen molar-refractivity contribution < 1.29 is 33.3 Å². The summed E-state index contributed by atoms with van der Waals surface area (Å²) in [5, 5.41) is 0. The third-order valence-electron chi connectivity index (χ3n) is 3.72. The number of esters is 1. The smallest absolute Gasteiger partial charge is 0.344 e. The molecule has 1 aliphatic heterocycles. The first-order chi connectivity index (χ1) is 13.2. The van der Waals surface area contributed by atoms with Gasteiger partial charge in [-0.15, -0.1) is 0 Å². The van der Waals surface area contributed by atoms with Gasteiger partial charge in [0.05, 0.1) is 6.61 Å². The predicted molar refractivity (Wildman–Crippen MR) is 95.8 cm³/mol. The number of ether oxygens (including phenoxy) is 5. The van der Waals surface area contributed by atoms with Crippen molar-refractivity contribution in [3.63, 3.8) is 0 Å². The average Bonchev–Trinajstić information content (AvgIpc) is 2.71. The summed E-state index contributed by atoms with van der Waals surface area (Å²) in [5.74, 6) is 1.37. The molecule has 142 valence electrons. The van der Waals surface area contributed by atoms with E-state index in [-0.39, 0.29) is 19.0 Å². The van der Waals surface area contributed by atoms with Crippen LogP contribution in [0.25, 0.3) is 0 Å². The molecule has 0 atom stereocenters. The van der Waals surface area contributed by atoms with Crippen LogP contribution in [-0.4, -0.2) is 44.8 Å². The van der Waals surface area contributed by atoms with Gasteiger partial charge < -0.3 is 23.7 Å². The van der Waals surface area contributed by atoms with E-state index in [2.05, 4.69) is 0 Å². The highest BCUT2D eigenvalue weighted by Crippen LogP contribution is 2.30. The number of fused-ring (bicyclic) bond motifs is 1. The lowest BCUT2D eigenvalue weighted by Gasteiger charge is -2.18. The zero-order chi connectivity index (χ0) is 19.1. The van der Waals surface area contributed by atoms with Gasteiger partial charge in [0.1, 0.15) is 24.7 Å². The van der Waals surface area contributed by atoms with Crippen molar-refractivity contribution in [3.8, 4) is 23.0 Å². The van der Waals surface area contributed by atoms with E-state index in [4.69, 9.17) is 23.7 Å². The van der Waals surface area contributed by atoms with E-state index in [9.17, 15) is 9.59 Å². The van der Waals surface area contributed by atoms with Crippen LogP contribution in [0.2, 0.25) is 0 Å². The minimum atomic E-state index is -0.630. The van der Waals surface area contributed by atoms with Gasteiger partial charge >= 0.3 is 5.97 Å². The summed E-state index contributed by atoms with van der Waals surface area (Å²) in [6.07, 6.45) is 0. The number of hydrogen-bond acceptors (Lipinski definition) is 7. The van der Waals surface area contributed by atoms with Crippen LogP contribution < -0.4 is 18.9 Å². The zero-order valence-corrected chi connectivity index (χ0v) is 14.9. The summed E-state index contributed by atoms with van der Waals surface area (Å²) in [4.78, 5) is 24.0. The molecule has 27 heavy (non-hydrogen) atoms. The summed E-state index contributed by atoms with van der Waals surface area (Å²) in [6, 6.07) is 11.7. The van der Waals surface area contributed by atoms with Crippen molar-refractivity contribution in [2.75, 3.05) is 33.0 Å². The number of hydrogen-bond donors (Lipinski definition) is 0. The van der Waals surface area contributed by atoms with Gasteiger partial charge in [0.2, 0.25) is 0 Å². The lowest BCUT2D eigenvalue weighted by molar-refractivity contribution is -0.144. The zero-order valence-electron chi connectivity index (χ0n) is 14.9. The molecule has 0 aliphatic carbocycles. The maximum atomic E-state index is 12.2. The molecular weight excluding hydrogens is 352 g/mol. The van der Waals surface area contributed by atoms with Crippen LogP contribution in [0, 0.1) is 0 Å². The van der Waals surface area contributed by atoms with E-state index in [1.165, 1.54) is 0 Å². The molecule has 7 heteroatoms. The van der Waals surface area contributed by atoms with Crippen LogP contribution >= 0.6 is 0 Å². The van der Waals surface area contributed by atoms with Crippen molar-refractivity contribution in [3.05, 3.63) is 48.0 Å². The second-order valence-corrected chi connectivity index (χ2v) is 5.64. The van der Waals surface area contributed by atoms with Gasteiger partial charge in [-0.25, -0.2) is 4.79 Å². The van der Waals surface area contributed by atoms with Crippen molar-refractivity contribution in [1.29, 1.82) is 0 Å². The van der Waals surface area contributed by atoms with E-state index in [0.29, 0.717) is 42.6 Å². The first kappa shape index (κ1) is 18.6. The minimum absolute atomic E-state index is 0.289. The number of carbonyl (C=O) groups excluding carboxylic acids is 2. The van der Waals surface area contributed by atoms with Gasteiger partial charge in [-0.05, 0) is 49.4 Å². The molecule has 0 fully saturated rings. The van der Waals surface area contributed by atoms with Gasteiger partial charge in [-0.2, -0.15) is 0 Å². The lowest BCUT2D eigenvalue weighted by Crippen LogP contribution is -2.20. The Morgan fingerprint density at radius 2 is 1.56 bits per heavy atom. The highest BCUT2D eigenvalue weighted by molar-refractivity contribution is 5.98. The number of carbonyl (C=O) groups is 2. The fraction of sp³-hybridized carbons (Fsp3) is 0.300. The molecule has 0 N–H and O–H groups in total. The quantitative estimate of drug-likeness (QED) is 0.520. The molecule has 7 nitrogen and oxygen atoms in total. The van der Waals surface area contributed by atoms with Crippen LogP contribution in [-0.2, 0) is 9.53 Å². The maximum Gasteiger partial charge on any atom is 0.344 e. The highest BCUT2D eigenvalue weighted by atomic mass is 16.6. The number of rotatable bonds is 8. The Bertz CT molecular complexity index is 798. The van der Waals surface area contributed by atoms with Crippen molar-refractivity contribution in [2.45, 2.75) is 6.92 Å². The monoisotopic (exact) mass is 372 g/mol. The molecule has 0 amide bonds. The summed E-state index contributed by atoms with van der Waals surface area (Å²) >= 11 is 0. The van der Waals surface area contributed by atoms with Crippen LogP contribution in [0.15, 0.2) is 42.5 Å². The number of benzene rings is 2. The van der Waals surface area contributed by atoms with Crippen LogP contribution in [0.4, 0.5) is 0 Å². The van der Waals surface area contributed by atoms with Crippen LogP contribution in [0.1, 0.15) is 17.3 Å². The molecule has 1 aliphatic rings. The van der Waals surface area contributed by atoms with Crippen molar-refractivity contribution in [2.24, 2.45) is 0 Å². The fourth-order valence-electron chi connectivity index (χ4n) is 2.43. The van der Waals surface area contributed by atoms with Gasteiger partial charge in [0.15, 0.2) is 30.5 Å². The fourth-order valence-corrected chi connectivity index (χ4v) is 2.43. The summed E-state index contributed by atoms with van der Waals surface area (Å²) in [6.45, 7) is 2.72. The highest BCUT2D eigenvalue weighted by Gasteiger charge is 2.16. The second kappa shape index (κ2) is 8.93. The molecule has 2 aromatic carbocycles. The van der Waals surface area contributed by atoms with Gasteiger partial charge in [-0.3, -0.25) is 4.79 Å². The molecule has 0 saturated carbocycles. The second-order valence-electron chi connectivity index (χ2n) is 5.64. The Morgan fingerprint density at radius 1 is 0.889 bits per heavy atom. The third-order valence-corrected chi connectivity index (χ3v) is 3.72. The van der Waals surface area contributed by atoms with E-state index < -0.39 is 5.97 Å². The first-order valence-electron chi connectivity index (χ1n) is 8.60. The van der Waals surface area contributed by atoms with E-state index in [1.54, 1.807) is 42.5 Å². The third kappa shape index (κ3) is 5.13. The summed E-state index contributed by atoms with van der Waals surface area (Å²) in [5.41, 5.74) is 0.388. The molecule has 0 spiro atoms. The SMILES string of the molecule is CCOc1ccc(OCC(=O)OCC(=O)c2ccc3c(c2)OCCO3)cc1. The molecule has 0 bridgehead atoms. The van der Waals surface area contributed by atoms with Crippen LogP contribution in [0.5, 0.6) is 23.0 Å². The number of ketones is 1. The van der Waals surface area contributed by atoms with E-state index >= 15 is 0 Å². The Kier molecular flexibility index (Phi) is 6.14. The standard InChI is InChI=1S/C20H20O7/c1-2-23-15-4-6-16(7-5-15)26-13-20(22)27-12-17(21)14-3-8-18-19(11-14)25-10-9-24-18/h3-8,11H,2,9-10,12-13H2,1H3. The minimum Gasteiger partial charge on any atom is -0.494 e. The Morgan fingerprint density at radius 3 is 2.26 bits per heavy atom. The molecule has 2 aromatic rings. The van der Waals surface area contributed by atoms with E-state index in [0.717, 1.165) is 5.75 Å². The van der Waals surface area contributed by atoms with Crippen LogP contribution in [0.3, 0.4) is 0 Å². The van der Waals surface area contributed by atoms with Gasteiger partial charge in [-0.1, -0.05) is 0 Å². The first-order valence-corrected chi connectivity index (χ1v) is 8.60. The largest absolute Gasteiger partial charge is 0.494 e. The Hall–Kier alpha value is -3.22. The predicted octanol–water partition coefficient (Wildman–Crippen LogP) is 2.66. The van der Waals surface area contributed by atoms with Gasteiger partial charge in [0.25, 0.3) is 0 Å². The lowest BCUT2D eigenvalue weighted by atomic mass is 10.1. The van der Waals surface area contributed by atoms with E-state index in [1.807, 2.05) is 6.92 Å². The Balaban J connectivity index is 1.45. The summed E-state index contributed by atoms with van der Waals surface area (Å²) < 4.78 is 26.5. The topological polar surface area (TPSA) is 80.3 Å². The molecular formula is C20H20O7. The molecule has 3 rings (SSSR count). The molecule has 1 heterocycles. The van der Waals surface area contributed by atoms with Crippen molar-refractivity contribution in [1.82, 2.24) is 0 Å². The number of Topliss-reactive ketones (excluding diaryl/α,β-unsaturated/α-hetero) is 1. The molecule has 0 radical (unpaired) electrons. The normalized spacial score (nSPS) is 12.2. The molecule has 0 aromatic heterocycles. The Labute approximate surface area is 156 Å². The molecule has 0 unspecified atom stereocenters. The van der Waals surface area contributed by atoms with Crippen molar-refractivity contribution >= 4 is 11.8 Å². The average molecular weight is 372 g/mol. The summed E-state index contributed by atoms with van der Waals surface area (Å²) in [7, 11) is 0. The molecule has 0 saturated heterocycles.